The quantitative estimate of drug-likeness (QED) is 0.827. The van der Waals surface area contributed by atoms with Gasteiger partial charge in [-0.15, -0.1) is 0 Å². The summed E-state index contributed by atoms with van der Waals surface area (Å²) in [4.78, 5) is 11.4. The Hall–Kier alpha value is -1.23. The van der Waals surface area contributed by atoms with E-state index < -0.39 is 0 Å². The third-order valence-corrected chi connectivity index (χ3v) is 2.77. The molecule has 0 radical (unpaired) electrons. The standard InChI is InChI=1S/C11H13BrN2O2/c12-7-1-4-10(9(13)5-7)16-6-11(15)14-8-2-3-8/h1,4-5,8H,2-3,6,13H2,(H,14,15). The molecule has 3 N–H and O–H groups in total. The second-order valence-corrected chi connectivity index (χ2v) is 4.73. The zero-order valence-corrected chi connectivity index (χ0v) is 10.3. The van der Waals surface area contributed by atoms with Crippen molar-refractivity contribution in [3.63, 3.8) is 0 Å². The molecular weight excluding hydrogens is 272 g/mol. The van der Waals surface area contributed by atoms with Crippen LogP contribution in [-0.4, -0.2) is 18.6 Å². The number of nitrogens with one attached hydrogen (secondary N) is 1. The third-order valence-electron chi connectivity index (χ3n) is 2.27. The maximum atomic E-state index is 11.4. The van der Waals surface area contributed by atoms with E-state index in [0.717, 1.165) is 17.3 Å². The molecule has 16 heavy (non-hydrogen) atoms. The van der Waals surface area contributed by atoms with Crippen LogP contribution in [0.2, 0.25) is 0 Å². The van der Waals surface area contributed by atoms with Gasteiger partial charge >= 0.3 is 0 Å². The summed E-state index contributed by atoms with van der Waals surface area (Å²) in [5.41, 5.74) is 6.26. The van der Waals surface area contributed by atoms with E-state index in [2.05, 4.69) is 21.2 Å². The summed E-state index contributed by atoms with van der Waals surface area (Å²) in [7, 11) is 0. The van der Waals surface area contributed by atoms with Crippen LogP contribution in [-0.2, 0) is 4.79 Å². The Bertz CT molecular complexity index is 405. The minimum absolute atomic E-state index is 0.0162. The molecule has 86 valence electrons. The van der Waals surface area contributed by atoms with Gasteiger partial charge in [0.05, 0.1) is 5.69 Å². The van der Waals surface area contributed by atoms with Crippen LogP contribution >= 0.6 is 15.9 Å². The summed E-state index contributed by atoms with van der Waals surface area (Å²) < 4.78 is 6.21. The third kappa shape index (κ3) is 3.13. The fourth-order valence-corrected chi connectivity index (χ4v) is 1.67. The lowest BCUT2D eigenvalue weighted by molar-refractivity contribution is -0.123. The highest BCUT2D eigenvalue weighted by atomic mass is 79.9. The van der Waals surface area contributed by atoms with Crippen LogP contribution in [0.4, 0.5) is 5.69 Å². The number of ether oxygens (including phenoxy) is 1. The number of anilines is 1. The van der Waals surface area contributed by atoms with Crippen LogP contribution < -0.4 is 15.8 Å². The van der Waals surface area contributed by atoms with Crippen LogP contribution in [0.3, 0.4) is 0 Å². The van der Waals surface area contributed by atoms with Crippen LogP contribution in [0.5, 0.6) is 5.75 Å². The molecule has 0 unspecified atom stereocenters. The first kappa shape index (κ1) is 11.3. The van der Waals surface area contributed by atoms with Gasteiger partial charge in [0.25, 0.3) is 5.91 Å². The van der Waals surface area contributed by atoms with Crippen molar-refractivity contribution < 1.29 is 9.53 Å². The Balaban J connectivity index is 1.85. The zero-order valence-electron chi connectivity index (χ0n) is 8.70. The number of carbonyl (C=O) groups is 1. The summed E-state index contributed by atoms with van der Waals surface area (Å²) in [6.07, 6.45) is 2.15. The van der Waals surface area contributed by atoms with Crippen molar-refractivity contribution in [1.82, 2.24) is 5.32 Å². The highest BCUT2D eigenvalue weighted by Gasteiger charge is 2.23. The molecule has 0 spiro atoms. The van der Waals surface area contributed by atoms with E-state index in [-0.39, 0.29) is 12.5 Å². The first-order valence-electron chi connectivity index (χ1n) is 5.12. The molecule has 0 bridgehead atoms. The van der Waals surface area contributed by atoms with Crippen molar-refractivity contribution in [3.05, 3.63) is 22.7 Å². The van der Waals surface area contributed by atoms with E-state index in [1.807, 2.05) is 6.07 Å². The maximum Gasteiger partial charge on any atom is 0.258 e. The van der Waals surface area contributed by atoms with Gasteiger partial charge in [0.1, 0.15) is 5.75 Å². The summed E-state index contributed by atoms with van der Waals surface area (Å²) in [6.45, 7) is 0.0162. The molecule has 4 nitrogen and oxygen atoms in total. The van der Waals surface area contributed by atoms with E-state index in [1.54, 1.807) is 12.1 Å². The van der Waals surface area contributed by atoms with Crippen LogP contribution in [0.25, 0.3) is 0 Å². The second kappa shape index (κ2) is 4.74. The molecule has 1 aliphatic carbocycles. The molecule has 2 rings (SSSR count). The lowest BCUT2D eigenvalue weighted by Crippen LogP contribution is -2.30. The van der Waals surface area contributed by atoms with Gasteiger partial charge < -0.3 is 15.8 Å². The molecule has 1 amide bonds. The number of nitrogen functional groups attached to an aromatic ring is 1. The number of hydrogen-bond donors (Lipinski definition) is 2. The van der Waals surface area contributed by atoms with Gasteiger partial charge in [-0.25, -0.2) is 0 Å². The molecule has 1 saturated carbocycles. The Kier molecular flexibility index (Phi) is 3.33. The molecular formula is C11H13BrN2O2. The molecule has 1 fully saturated rings. The molecule has 1 aromatic carbocycles. The smallest absolute Gasteiger partial charge is 0.258 e. The number of amides is 1. The van der Waals surface area contributed by atoms with Crippen molar-refractivity contribution in [2.24, 2.45) is 0 Å². The van der Waals surface area contributed by atoms with E-state index in [0.29, 0.717) is 17.5 Å². The van der Waals surface area contributed by atoms with Crippen LogP contribution in [0.1, 0.15) is 12.8 Å². The van der Waals surface area contributed by atoms with Gasteiger partial charge in [0.2, 0.25) is 0 Å². The minimum Gasteiger partial charge on any atom is -0.482 e. The summed E-state index contributed by atoms with van der Waals surface area (Å²) >= 11 is 3.30. The van der Waals surface area contributed by atoms with Gasteiger partial charge in [-0.1, -0.05) is 15.9 Å². The van der Waals surface area contributed by atoms with Crippen molar-refractivity contribution in [3.8, 4) is 5.75 Å². The normalized spacial score (nSPS) is 14.6. The molecule has 0 heterocycles. The predicted octanol–water partition coefficient (Wildman–Crippen LogP) is 1.69. The minimum atomic E-state index is -0.0928. The second-order valence-electron chi connectivity index (χ2n) is 3.81. The molecule has 0 saturated heterocycles. The number of hydrogen-bond acceptors (Lipinski definition) is 3. The van der Waals surface area contributed by atoms with Gasteiger partial charge in [-0.3, -0.25) is 4.79 Å². The first-order chi connectivity index (χ1) is 7.65. The first-order valence-corrected chi connectivity index (χ1v) is 5.91. The van der Waals surface area contributed by atoms with Crippen molar-refractivity contribution in [2.45, 2.75) is 18.9 Å². The average molecular weight is 285 g/mol. The maximum absolute atomic E-state index is 11.4. The lowest BCUT2D eigenvalue weighted by Gasteiger charge is -2.09. The molecule has 5 heteroatoms. The number of halogens is 1. The largest absolute Gasteiger partial charge is 0.482 e. The fraction of sp³-hybridized carbons (Fsp3) is 0.364. The zero-order chi connectivity index (χ0) is 11.5. The molecule has 1 aliphatic rings. The number of carbonyl (C=O) groups excluding carboxylic acids is 1. The average Bonchev–Trinajstić information content (AvgIpc) is 3.00. The van der Waals surface area contributed by atoms with Gasteiger partial charge in [-0.2, -0.15) is 0 Å². The van der Waals surface area contributed by atoms with Gasteiger partial charge in [0.15, 0.2) is 6.61 Å². The number of nitrogens with two attached hydrogens (primary N) is 1. The van der Waals surface area contributed by atoms with E-state index >= 15 is 0 Å². The topological polar surface area (TPSA) is 64.3 Å². The molecule has 0 aromatic heterocycles. The number of benzene rings is 1. The van der Waals surface area contributed by atoms with E-state index in [9.17, 15) is 4.79 Å². The molecule has 0 atom stereocenters. The van der Waals surface area contributed by atoms with Crippen molar-refractivity contribution in [2.75, 3.05) is 12.3 Å². The van der Waals surface area contributed by atoms with Crippen LogP contribution in [0.15, 0.2) is 22.7 Å². The lowest BCUT2D eigenvalue weighted by atomic mass is 10.3. The molecule has 0 aliphatic heterocycles. The SMILES string of the molecule is Nc1cc(Br)ccc1OCC(=O)NC1CC1. The van der Waals surface area contributed by atoms with Gasteiger partial charge in [-0.05, 0) is 31.0 Å². The summed E-state index contributed by atoms with van der Waals surface area (Å²) in [6, 6.07) is 5.67. The Morgan fingerprint density at radius 1 is 1.56 bits per heavy atom. The summed E-state index contributed by atoms with van der Waals surface area (Å²) in [5, 5.41) is 2.84. The van der Waals surface area contributed by atoms with E-state index in [1.165, 1.54) is 0 Å². The van der Waals surface area contributed by atoms with Crippen LogP contribution in [0, 0.1) is 0 Å². The Morgan fingerprint density at radius 3 is 2.94 bits per heavy atom. The Labute approximate surface area is 102 Å². The highest BCUT2D eigenvalue weighted by Crippen LogP contribution is 2.25. The fourth-order valence-electron chi connectivity index (χ4n) is 1.29. The van der Waals surface area contributed by atoms with E-state index in [4.69, 9.17) is 10.5 Å². The highest BCUT2D eigenvalue weighted by molar-refractivity contribution is 9.10. The monoisotopic (exact) mass is 284 g/mol. The predicted molar refractivity (Wildman–Crippen MR) is 65.2 cm³/mol. The van der Waals surface area contributed by atoms with Gasteiger partial charge in [0, 0.05) is 10.5 Å². The molecule has 1 aromatic rings. The Morgan fingerprint density at radius 2 is 2.31 bits per heavy atom. The number of rotatable bonds is 4. The van der Waals surface area contributed by atoms with Crippen molar-refractivity contribution >= 4 is 27.5 Å². The van der Waals surface area contributed by atoms with Crippen molar-refractivity contribution in [1.29, 1.82) is 0 Å². The summed E-state index contributed by atoms with van der Waals surface area (Å²) in [5.74, 6) is 0.443.